The van der Waals surface area contributed by atoms with Crippen molar-refractivity contribution in [2.45, 2.75) is 0 Å². The predicted molar refractivity (Wildman–Crippen MR) is 69.4 cm³/mol. The molecule has 3 rings (SSSR count). The molecule has 1 aliphatic heterocycles. The monoisotopic (exact) mass is 264 g/mol. The third kappa shape index (κ3) is 2.74. The van der Waals surface area contributed by atoms with Gasteiger partial charge in [-0.1, -0.05) is 0 Å². The van der Waals surface area contributed by atoms with Gasteiger partial charge >= 0.3 is 5.69 Å². The second-order valence-corrected chi connectivity index (χ2v) is 4.41. The van der Waals surface area contributed by atoms with E-state index < -0.39 is 0 Å². The minimum absolute atomic E-state index is 0.276. The standard InChI is InChI=1S/C11H16N6O2/c18-11-15-14-10-7-9(13-8-17(10)11)12-1-2-16-3-5-19-6-4-16/h7-8,12H,1-6H2,(H,15,18). The molecule has 3 heterocycles. The van der Waals surface area contributed by atoms with E-state index in [0.29, 0.717) is 5.65 Å². The molecule has 0 unspecified atom stereocenters. The molecule has 0 spiro atoms. The molecule has 2 N–H and O–H groups in total. The van der Waals surface area contributed by atoms with Crippen LogP contribution in [0.1, 0.15) is 0 Å². The molecular weight excluding hydrogens is 248 g/mol. The van der Waals surface area contributed by atoms with Crippen molar-refractivity contribution in [3.8, 4) is 0 Å². The molecule has 19 heavy (non-hydrogen) atoms. The van der Waals surface area contributed by atoms with Crippen molar-refractivity contribution < 1.29 is 4.74 Å². The molecule has 1 fully saturated rings. The molecule has 2 aromatic rings. The van der Waals surface area contributed by atoms with E-state index in [1.807, 2.05) is 0 Å². The van der Waals surface area contributed by atoms with E-state index in [2.05, 4.69) is 25.4 Å². The summed E-state index contributed by atoms with van der Waals surface area (Å²) in [6.07, 6.45) is 1.47. The van der Waals surface area contributed by atoms with E-state index in [1.54, 1.807) is 6.07 Å². The Bertz CT molecular complexity index is 600. The summed E-state index contributed by atoms with van der Waals surface area (Å²) in [4.78, 5) is 17.8. The lowest BCUT2D eigenvalue weighted by molar-refractivity contribution is 0.0398. The van der Waals surface area contributed by atoms with Crippen molar-refractivity contribution in [3.05, 3.63) is 22.9 Å². The molecule has 1 saturated heterocycles. The average molecular weight is 264 g/mol. The summed E-state index contributed by atoms with van der Waals surface area (Å²) >= 11 is 0. The highest BCUT2D eigenvalue weighted by atomic mass is 16.5. The number of hydrogen-bond acceptors (Lipinski definition) is 6. The first-order valence-electron chi connectivity index (χ1n) is 6.30. The third-order valence-electron chi connectivity index (χ3n) is 3.15. The first kappa shape index (κ1) is 12.1. The Hall–Kier alpha value is -1.93. The van der Waals surface area contributed by atoms with E-state index in [9.17, 15) is 4.79 Å². The molecule has 0 aromatic carbocycles. The molecule has 0 atom stereocenters. The number of morpholine rings is 1. The Morgan fingerprint density at radius 2 is 2.26 bits per heavy atom. The lowest BCUT2D eigenvalue weighted by Gasteiger charge is -2.26. The van der Waals surface area contributed by atoms with Gasteiger partial charge in [-0.05, 0) is 0 Å². The molecule has 8 nitrogen and oxygen atoms in total. The fourth-order valence-corrected chi connectivity index (χ4v) is 2.07. The fourth-order valence-electron chi connectivity index (χ4n) is 2.07. The van der Waals surface area contributed by atoms with Crippen molar-refractivity contribution in [2.75, 3.05) is 44.7 Å². The summed E-state index contributed by atoms with van der Waals surface area (Å²) in [6.45, 7) is 5.31. The first-order valence-corrected chi connectivity index (χ1v) is 6.30. The minimum atomic E-state index is -0.276. The van der Waals surface area contributed by atoms with E-state index >= 15 is 0 Å². The molecule has 0 saturated carbocycles. The molecule has 102 valence electrons. The minimum Gasteiger partial charge on any atom is -0.379 e. The highest BCUT2D eigenvalue weighted by molar-refractivity contribution is 5.48. The van der Waals surface area contributed by atoms with Crippen LogP contribution in [0, 0.1) is 0 Å². The van der Waals surface area contributed by atoms with Gasteiger partial charge < -0.3 is 10.1 Å². The number of ether oxygens (including phenoxy) is 1. The molecule has 0 bridgehead atoms. The van der Waals surface area contributed by atoms with Crippen LogP contribution in [-0.2, 0) is 4.74 Å². The van der Waals surface area contributed by atoms with E-state index in [0.717, 1.165) is 45.2 Å². The number of nitrogens with one attached hydrogen (secondary N) is 2. The Labute approximate surface area is 109 Å². The normalized spacial score (nSPS) is 16.8. The molecule has 0 aliphatic carbocycles. The Balaban J connectivity index is 1.57. The van der Waals surface area contributed by atoms with Crippen molar-refractivity contribution in [1.29, 1.82) is 0 Å². The Kier molecular flexibility index (Phi) is 3.43. The topological polar surface area (TPSA) is 87.5 Å². The van der Waals surface area contributed by atoms with Gasteiger partial charge in [0.1, 0.15) is 12.1 Å². The van der Waals surface area contributed by atoms with Gasteiger partial charge in [0.25, 0.3) is 0 Å². The summed E-state index contributed by atoms with van der Waals surface area (Å²) in [5.41, 5.74) is 0.288. The number of nitrogens with zero attached hydrogens (tertiary/aromatic N) is 4. The number of aromatic nitrogens is 4. The smallest absolute Gasteiger partial charge is 0.348 e. The maximum absolute atomic E-state index is 11.3. The van der Waals surface area contributed by atoms with Gasteiger partial charge in [-0.15, -0.1) is 0 Å². The van der Waals surface area contributed by atoms with Crippen LogP contribution in [0.3, 0.4) is 0 Å². The number of hydrogen-bond donors (Lipinski definition) is 2. The third-order valence-corrected chi connectivity index (χ3v) is 3.15. The van der Waals surface area contributed by atoms with Crippen molar-refractivity contribution in [1.82, 2.24) is 24.5 Å². The average Bonchev–Trinajstić information content (AvgIpc) is 2.81. The zero-order valence-corrected chi connectivity index (χ0v) is 10.5. The van der Waals surface area contributed by atoms with Gasteiger partial charge in [0.2, 0.25) is 0 Å². The van der Waals surface area contributed by atoms with Crippen LogP contribution in [0.4, 0.5) is 5.82 Å². The van der Waals surface area contributed by atoms with Gasteiger partial charge in [-0.2, -0.15) is 5.10 Å². The number of aromatic amines is 1. The second kappa shape index (κ2) is 5.37. The van der Waals surface area contributed by atoms with Crippen LogP contribution >= 0.6 is 0 Å². The van der Waals surface area contributed by atoms with Crippen LogP contribution in [0.5, 0.6) is 0 Å². The summed E-state index contributed by atoms with van der Waals surface area (Å²) in [6, 6.07) is 1.75. The maximum atomic E-state index is 11.3. The van der Waals surface area contributed by atoms with Crippen LogP contribution in [-0.4, -0.2) is 63.9 Å². The zero-order valence-electron chi connectivity index (χ0n) is 10.5. The lowest BCUT2D eigenvalue weighted by atomic mass is 10.4. The van der Waals surface area contributed by atoms with Crippen molar-refractivity contribution in [3.63, 3.8) is 0 Å². The van der Waals surface area contributed by atoms with Crippen molar-refractivity contribution >= 4 is 11.5 Å². The van der Waals surface area contributed by atoms with Gasteiger partial charge in [0.15, 0.2) is 5.65 Å². The molecule has 8 heteroatoms. The lowest BCUT2D eigenvalue weighted by Crippen LogP contribution is -2.39. The van der Waals surface area contributed by atoms with Gasteiger partial charge in [-0.25, -0.2) is 19.3 Å². The molecule has 2 aromatic heterocycles. The van der Waals surface area contributed by atoms with Crippen LogP contribution < -0.4 is 11.0 Å². The van der Waals surface area contributed by atoms with Crippen molar-refractivity contribution in [2.24, 2.45) is 0 Å². The number of fused-ring (bicyclic) bond motifs is 1. The Morgan fingerprint density at radius 1 is 1.42 bits per heavy atom. The molecule has 0 radical (unpaired) electrons. The first-order chi connectivity index (χ1) is 9.33. The van der Waals surface area contributed by atoms with Gasteiger partial charge in [-0.3, -0.25) is 4.90 Å². The quantitative estimate of drug-likeness (QED) is 0.749. The largest absolute Gasteiger partial charge is 0.379 e. The molecule has 1 aliphatic rings. The number of rotatable bonds is 4. The highest BCUT2D eigenvalue weighted by Gasteiger charge is 2.09. The van der Waals surface area contributed by atoms with Crippen LogP contribution in [0.15, 0.2) is 17.2 Å². The van der Waals surface area contributed by atoms with Gasteiger partial charge in [0, 0.05) is 32.2 Å². The summed E-state index contributed by atoms with van der Waals surface area (Å²) in [7, 11) is 0. The molecular formula is C11H16N6O2. The summed E-state index contributed by atoms with van der Waals surface area (Å²) in [5.74, 6) is 0.722. The molecule has 0 amide bonds. The van der Waals surface area contributed by atoms with Crippen LogP contribution in [0.25, 0.3) is 5.65 Å². The zero-order chi connectivity index (χ0) is 13.1. The Morgan fingerprint density at radius 3 is 3.11 bits per heavy atom. The SMILES string of the molecule is O=c1[nH]nc2cc(NCCN3CCOCC3)ncn12. The second-order valence-electron chi connectivity index (χ2n) is 4.41. The number of H-pyrrole nitrogens is 1. The number of anilines is 1. The predicted octanol–water partition coefficient (Wildman–Crippen LogP) is -0.838. The fraction of sp³-hybridized carbons (Fsp3) is 0.545. The van der Waals surface area contributed by atoms with Gasteiger partial charge in [0.05, 0.1) is 13.2 Å². The maximum Gasteiger partial charge on any atom is 0.348 e. The van der Waals surface area contributed by atoms with E-state index in [4.69, 9.17) is 4.74 Å². The summed E-state index contributed by atoms with van der Waals surface area (Å²) in [5, 5.41) is 9.50. The van der Waals surface area contributed by atoms with E-state index in [1.165, 1.54) is 10.7 Å². The highest BCUT2D eigenvalue weighted by Crippen LogP contribution is 2.04. The summed E-state index contributed by atoms with van der Waals surface area (Å²) < 4.78 is 6.66. The van der Waals surface area contributed by atoms with E-state index in [-0.39, 0.29) is 5.69 Å². The van der Waals surface area contributed by atoms with Crippen LogP contribution in [0.2, 0.25) is 0 Å².